The van der Waals surface area contributed by atoms with Gasteiger partial charge in [-0.1, -0.05) is 11.6 Å². The van der Waals surface area contributed by atoms with Gasteiger partial charge in [0.15, 0.2) is 5.75 Å². The van der Waals surface area contributed by atoms with Crippen LogP contribution in [0.5, 0.6) is 5.75 Å². The first-order chi connectivity index (χ1) is 5.18. The number of benzene rings is 1. The fraction of sp³-hybridized carbons (Fsp3) is 0. The highest BCUT2D eigenvalue weighted by Gasteiger charge is 2.05. The van der Waals surface area contributed by atoms with Crippen molar-refractivity contribution in [1.29, 1.82) is 0 Å². The molecule has 0 bridgehead atoms. The average molecular weight is 224 g/mol. The molecule has 0 aliphatic rings. The third-order valence-electron chi connectivity index (χ3n) is 0.997. The maximum atomic E-state index is 5.65. The molecule has 0 N–H and O–H groups in total. The van der Waals surface area contributed by atoms with Gasteiger partial charge in [0.25, 0.3) is 0 Å². The summed E-state index contributed by atoms with van der Waals surface area (Å²) in [5.41, 5.74) is 0. The highest BCUT2D eigenvalue weighted by atomic mass is 35.5. The summed E-state index contributed by atoms with van der Waals surface area (Å²) in [5, 5.41) is 0.685. The van der Waals surface area contributed by atoms with Gasteiger partial charge in [0, 0.05) is 5.02 Å². The molecule has 0 radical (unpaired) electrons. The average Bonchev–Trinajstić information content (AvgIpc) is 1.93. The van der Waals surface area contributed by atoms with Crippen LogP contribution in [0, 0.1) is 0 Å². The number of halogens is 1. The lowest BCUT2D eigenvalue weighted by atomic mass is 10.3. The Morgan fingerprint density at radius 2 is 1.91 bits per heavy atom. The molecule has 5 heteroatoms. The molecule has 1 unspecified atom stereocenters. The van der Waals surface area contributed by atoms with Crippen LogP contribution in [0.3, 0.4) is 0 Å². The summed E-state index contributed by atoms with van der Waals surface area (Å²) in [6.07, 6.45) is -1.05. The molecule has 0 fully saturated rings. The standard InChI is InChI=1S/C6H4ClOPS2/c7-5-1-3-6(4-2-5)8-9(10)11/h1-4H/p+1. The zero-order chi connectivity index (χ0) is 8.27. The number of thiol groups is 1. The van der Waals surface area contributed by atoms with Crippen molar-refractivity contribution in [3.8, 4) is 5.75 Å². The Morgan fingerprint density at radius 3 is 2.36 bits per heavy atom. The van der Waals surface area contributed by atoms with Crippen LogP contribution in [-0.4, -0.2) is 0 Å². The quantitative estimate of drug-likeness (QED) is 0.608. The molecule has 11 heavy (non-hydrogen) atoms. The number of hydrogen-bond acceptors (Lipinski definition) is 2. The second kappa shape index (κ2) is 4.27. The zero-order valence-electron chi connectivity index (χ0n) is 5.40. The monoisotopic (exact) mass is 223 g/mol. The van der Waals surface area contributed by atoms with Crippen LogP contribution in [0.2, 0.25) is 5.02 Å². The maximum absolute atomic E-state index is 5.65. The van der Waals surface area contributed by atoms with Crippen LogP contribution >= 0.6 is 30.0 Å². The van der Waals surface area contributed by atoms with E-state index in [4.69, 9.17) is 27.9 Å². The summed E-state index contributed by atoms with van der Waals surface area (Å²) < 4.78 is 5.15. The van der Waals surface area contributed by atoms with Crippen molar-refractivity contribution in [3.63, 3.8) is 0 Å². The van der Waals surface area contributed by atoms with E-state index in [1.165, 1.54) is 0 Å². The van der Waals surface area contributed by atoms with Gasteiger partial charge in [-0.15, -0.1) is 0 Å². The zero-order valence-corrected chi connectivity index (χ0v) is 8.76. The largest absolute Gasteiger partial charge is 0.459 e. The topological polar surface area (TPSA) is 9.23 Å². The minimum Gasteiger partial charge on any atom is -0.266 e. The Balaban J connectivity index is 2.74. The van der Waals surface area contributed by atoms with Crippen LogP contribution in [-0.2, 0) is 11.8 Å². The molecule has 0 heterocycles. The SMILES string of the molecule is S=[P+](S)Oc1ccc(Cl)cc1. The van der Waals surface area contributed by atoms with Crippen LogP contribution < -0.4 is 4.52 Å². The molecule has 1 nitrogen and oxygen atoms in total. The molecular weight excluding hydrogens is 219 g/mol. The Bertz CT molecular complexity index is 262. The normalized spacial score (nSPS) is 10.9. The Morgan fingerprint density at radius 1 is 1.36 bits per heavy atom. The van der Waals surface area contributed by atoms with Crippen molar-refractivity contribution >= 4 is 41.8 Å². The van der Waals surface area contributed by atoms with Crippen molar-refractivity contribution < 1.29 is 4.52 Å². The van der Waals surface area contributed by atoms with E-state index in [1.807, 2.05) is 0 Å². The van der Waals surface area contributed by atoms with Crippen molar-refractivity contribution in [2.45, 2.75) is 0 Å². The summed E-state index contributed by atoms with van der Waals surface area (Å²) in [6, 6.07) is 7.03. The first-order valence-corrected chi connectivity index (χ1v) is 6.58. The van der Waals surface area contributed by atoms with Gasteiger partial charge in [-0.25, -0.2) is 0 Å². The molecule has 0 amide bonds. The third kappa shape index (κ3) is 3.39. The van der Waals surface area contributed by atoms with Gasteiger partial charge in [-0.3, -0.25) is 4.52 Å². The lowest BCUT2D eigenvalue weighted by Gasteiger charge is -1.91. The predicted octanol–water partition coefficient (Wildman–Crippen LogP) is 3.42. The van der Waals surface area contributed by atoms with Crippen molar-refractivity contribution in [3.05, 3.63) is 29.3 Å². The van der Waals surface area contributed by atoms with E-state index < -0.39 is 6.13 Å². The number of rotatable bonds is 2. The Kier molecular flexibility index (Phi) is 3.60. The van der Waals surface area contributed by atoms with E-state index >= 15 is 0 Å². The lowest BCUT2D eigenvalue weighted by Crippen LogP contribution is -1.75. The highest BCUT2D eigenvalue weighted by Crippen LogP contribution is 2.30. The fourth-order valence-electron chi connectivity index (χ4n) is 0.586. The van der Waals surface area contributed by atoms with Gasteiger partial charge < -0.3 is 0 Å². The van der Waals surface area contributed by atoms with E-state index in [0.717, 1.165) is 0 Å². The summed E-state index contributed by atoms with van der Waals surface area (Å²) >= 11 is 14.4. The summed E-state index contributed by atoms with van der Waals surface area (Å²) in [5.74, 6) is 0.713. The van der Waals surface area contributed by atoms with Gasteiger partial charge in [-0.05, 0) is 24.3 Å². The second-order valence-electron chi connectivity index (χ2n) is 1.78. The minimum atomic E-state index is -1.05. The fourth-order valence-corrected chi connectivity index (χ4v) is 1.55. The smallest absolute Gasteiger partial charge is 0.266 e. The third-order valence-corrected chi connectivity index (χ3v) is 2.08. The molecule has 1 aromatic carbocycles. The van der Waals surface area contributed by atoms with Gasteiger partial charge in [-0.2, -0.15) is 0 Å². The predicted molar refractivity (Wildman–Crippen MR) is 55.4 cm³/mol. The summed E-state index contributed by atoms with van der Waals surface area (Å²) in [7, 11) is 0. The van der Waals surface area contributed by atoms with Crippen LogP contribution in [0.25, 0.3) is 0 Å². The van der Waals surface area contributed by atoms with E-state index in [-0.39, 0.29) is 0 Å². The summed E-state index contributed by atoms with van der Waals surface area (Å²) in [4.78, 5) is 0. The molecule has 0 aromatic heterocycles. The Hall–Kier alpha value is 0.180. The molecule has 0 saturated carbocycles. The van der Waals surface area contributed by atoms with Crippen LogP contribution in [0.4, 0.5) is 0 Å². The van der Waals surface area contributed by atoms with Crippen molar-refractivity contribution in [2.75, 3.05) is 0 Å². The summed E-state index contributed by atoms with van der Waals surface area (Å²) in [6.45, 7) is 0. The molecule has 0 saturated heterocycles. The first kappa shape index (κ1) is 9.27. The second-order valence-corrected chi connectivity index (χ2v) is 5.77. The molecule has 1 rings (SSSR count). The van der Waals surface area contributed by atoms with Crippen molar-refractivity contribution in [1.82, 2.24) is 0 Å². The van der Waals surface area contributed by atoms with Crippen LogP contribution in [0.15, 0.2) is 24.3 Å². The lowest BCUT2D eigenvalue weighted by molar-refractivity contribution is 0.641. The molecule has 1 aromatic rings. The first-order valence-electron chi connectivity index (χ1n) is 2.78. The molecule has 0 aliphatic heterocycles. The van der Waals surface area contributed by atoms with E-state index in [2.05, 4.69) is 12.2 Å². The maximum Gasteiger partial charge on any atom is 0.459 e. The van der Waals surface area contributed by atoms with E-state index in [1.54, 1.807) is 24.3 Å². The van der Waals surface area contributed by atoms with Crippen molar-refractivity contribution in [2.24, 2.45) is 0 Å². The minimum absolute atomic E-state index is 0.685. The molecule has 58 valence electrons. The van der Waals surface area contributed by atoms with Gasteiger partial charge >= 0.3 is 6.13 Å². The number of hydrogen-bond donors (Lipinski definition) is 1. The highest BCUT2D eigenvalue weighted by molar-refractivity contribution is 8.54. The van der Waals surface area contributed by atoms with Gasteiger partial charge in [0.05, 0.1) is 0 Å². The van der Waals surface area contributed by atoms with E-state index in [9.17, 15) is 0 Å². The molecule has 1 atom stereocenters. The molecular formula is C6H5ClOPS2+. The molecule has 0 spiro atoms. The van der Waals surface area contributed by atoms with E-state index in [0.29, 0.717) is 10.8 Å². The Labute approximate surface area is 81.4 Å². The van der Waals surface area contributed by atoms with Gasteiger partial charge in [0.2, 0.25) is 11.8 Å². The van der Waals surface area contributed by atoms with Crippen LogP contribution in [0.1, 0.15) is 0 Å². The van der Waals surface area contributed by atoms with Gasteiger partial charge in [0.1, 0.15) is 12.2 Å². The molecule has 0 aliphatic carbocycles.